The van der Waals surface area contributed by atoms with Crippen molar-refractivity contribution in [3.8, 4) is 11.1 Å². The summed E-state index contributed by atoms with van der Waals surface area (Å²) in [6.45, 7) is 5.24. The summed E-state index contributed by atoms with van der Waals surface area (Å²) < 4.78 is 0. The van der Waals surface area contributed by atoms with Crippen molar-refractivity contribution in [1.29, 1.82) is 0 Å². The molecule has 1 atom stereocenters. The highest BCUT2D eigenvalue weighted by Crippen LogP contribution is 2.25. The molecular weight excluding hydrogens is 450 g/mol. The molecule has 0 aliphatic heterocycles. The highest BCUT2D eigenvalue weighted by molar-refractivity contribution is 5.80. The molecule has 8 heteroatoms. The number of anilines is 2. The number of rotatable bonds is 8. The number of hydrogen-bond acceptors (Lipinski definition) is 7. The van der Waals surface area contributed by atoms with Crippen molar-refractivity contribution in [2.75, 3.05) is 11.1 Å². The highest BCUT2D eigenvalue weighted by atomic mass is 16.3. The number of nitrogens with zero attached hydrogens (tertiary/aromatic N) is 3. The van der Waals surface area contributed by atoms with E-state index in [2.05, 4.69) is 93.2 Å². The van der Waals surface area contributed by atoms with Gasteiger partial charge in [-0.3, -0.25) is 10.4 Å². The Hall–Kier alpha value is -4.27. The first-order chi connectivity index (χ1) is 17.5. The Morgan fingerprint density at radius 3 is 2.47 bits per heavy atom. The average Bonchev–Trinajstić information content (AvgIpc) is 3.37. The third-order valence-corrected chi connectivity index (χ3v) is 6.34. The number of aliphatic hydroxyl groups excluding tert-OH is 1. The van der Waals surface area contributed by atoms with Crippen molar-refractivity contribution in [3.05, 3.63) is 101 Å². The fourth-order valence-corrected chi connectivity index (χ4v) is 4.09. The van der Waals surface area contributed by atoms with Crippen LogP contribution < -0.4 is 16.4 Å². The number of nitrogens with one attached hydrogen (secondary N) is 3. The summed E-state index contributed by atoms with van der Waals surface area (Å²) >= 11 is 0. The number of nitrogen functional groups attached to an aromatic ring is 1. The Morgan fingerprint density at radius 1 is 0.861 bits per heavy atom. The van der Waals surface area contributed by atoms with Crippen molar-refractivity contribution >= 4 is 22.5 Å². The molecule has 2 aromatic carbocycles. The fourth-order valence-electron chi connectivity index (χ4n) is 4.09. The summed E-state index contributed by atoms with van der Waals surface area (Å²) in [4.78, 5) is 8.84. The lowest BCUT2D eigenvalue weighted by Gasteiger charge is -2.18. The third kappa shape index (κ3) is 5.19. The van der Waals surface area contributed by atoms with E-state index >= 15 is 0 Å². The van der Waals surface area contributed by atoms with Crippen molar-refractivity contribution in [2.24, 2.45) is 0 Å². The number of aliphatic hydroxyl groups is 1. The van der Waals surface area contributed by atoms with Crippen LogP contribution in [0.4, 0.5) is 11.5 Å². The first-order valence-electron chi connectivity index (χ1n) is 11.8. The molecule has 3 heterocycles. The zero-order valence-corrected chi connectivity index (χ0v) is 20.3. The summed E-state index contributed by atoms with van der Waals surface area (Å²) in [7, 11) is 0. The minimum absolute atomic E-state index is 0.495. The van der Waals surface area contributed by atoms with Crippen molar-refractivity contribution < 1.29 is 5.11 Å². The van der Waals surface area contributed by atoms with Crippen LogP contribution in [0, 0.1) is 13.8 Å². The van der Waals surface area contributed by atoms with Gasteiger partial charge in [-0.1, -0.05) is 42.5 Å². The van der Waals surface area contributed by atoms with Crippen LogP contribution in [0.15, 0.2) is 73.2 Å². The first kappa shape index (κ1) is 23.5. The molecule has 182 valence electrons. The Bertz CT molecular complexity index is 1490. The zero-order valence-electron chi connectivity index (χ0n) is 20.3. The quantitative estimate of drug-likeness (QED) is 0.206. The van der Waals surface area contributed by atoms with Gasteiger partial charge in [-0.2, -0.15) is 5.10 Å². The summed E-state index contributed by atoms with van der Waals surface area (Å²) in [6, 6.07) is 18.3. The van der Waals surface area contributed by atoms with Gasteiger partial charge in [-0.05, 0) is 53.8 Å². The molecule has 0 aliphatic carbocycles. The number of benzene rings is 2. The smallest absolute Gasteiger partial charge is 0.155 e. The molecular formula is C28H29N7O. The molecule has 0 amide bonds. The molecule has 5 rings (SSSR count). The van der Waals surface area contributed by atoms with E-state index in [9.17, 15) is 5.11 Å². The van der Waals surface area contributed by atoms with Gasteiger partial charge in [0, 0.05) is 35.8 Å². The van der Waals surface area contributed by atoms with Gasteiger partial charge in [-0.25, -0.2) is 9.97 Å². The van der Waals surface area contributed by atoms with E-state index in [-0.39, 0.29) is 0 Å². The molecule has 3 aromatic heterocycles. The van der Waals surface area contributed by atoms with Crippen LogP contribution in [0.1, 0.15) is 34.0 Å². The Morgan fingerprint density at radius 2 is 1.67 bits per heavy atom. The molecule has 0 aliphatic rings. The summed E-state index contributed by atoms with van der Waals surface area (Å²) in [6.07, 6.45) is 4.28. The minimum atomic E-state index is -0.919. The van der Waals surface area contributed by atoms with Crippen molar-refractivity contribution in [1.82, 2.24) is 25.5 Å². The SMILES string of the molecule is Cc1ccc(CN[C@@H](O)c2cc(N)cnc2NCc2ccc(-c3cnc4[nH]ncc4c3)cc2)cc1C. The Balaban J connectivity index is 1.25. The number of aryl methyl sites for hydroxylation is 2. The van der Waals surface area contributed by atoms with E-state index in [1.54, 1.807) is 18.5 Å². The van der Waals surface area contributed by atoms with Crippen molar-refractivity contribution in [2.45, 2.75) is 33.2 Å². The second kappa shape index (κ2) is 10.2. The predicted octanol–water partition coefficient (Wildman–Crippen LogP) is 4.61. The van der Waals surface area contributed by atoms with E-state index in [0.717, 1.165) is 33.3 Å². The molecule has 36 heavy (non-hydrogen) atoms. The molecule has 5 aromatic rings. The number of H-pyrrole nitrogens is 1. The normalized spacial score (nSPS) is 12.1. The highest BCUT2D eigenvalue weighted by Gasteiger charge is 2.14. The zero-order chi connectivity index (χ0) is 25.1. The maximum Gasteiger partial charge on any atom is 0.155 e. The van der Waals surface area contributed by atoms with E-state index in [4.69, 9.17) is 5.73 Å². The monoisotopic (exact) mass is 479 g/mol. The maximum absolute atomic E-state index is 10.9. The van der Waals surface area contributed by atoms with Crippen LogP contribution in [0.25, 0.3) is 22.2 Å². The topological polar surface area (TPSA) is 125 Å². The molecule has 6 N–H and O–H groups in total. The van der Waals surface area contributed by atoms with Gasteiger partial charge < -0.3 is 16.2 Å². The van der Waals surface area contributed by atoms with Gasteiger partial charge in [0.25, 0.3) is 0 Å². The van der Waals surface area contributed by atoms with Gasteiger partial charge >= 0.3 is 0 Å². The van der Waals surface area contributed by atoms with Gasteiger partial charge in [-0.15, -0.1) is 0 Å². The van der Waals surface area contributed by atoms with Gasteiger partial charge in [0.2, 0.25) is 0 Å². The molecule has 0 radical (unpaired) electrons. The van der Waals surface area contributed by atoms with Gasteiger partial charge in [0.15, 0.2) is 5.65 Å². The van der Waals surface area contributed by atoms with Crippen LogP contribution in [-0.4, -0.2) is 25.3 Å². The fraction of sp³-hybridized carbons (Fsp3) is 0.179. The van der Waals surface area contributed by atoms with Gasteiger partial charge in [0.1, 0.15) is 12.0 Å². The second-order valence-electron chi connectivity index (χ2n) is 8.99. The Labute approximate surface area is 209 Å². The summed E-state index contributed by atoms with van der Waals surface area (Å²) in [5.41, 5.74) is 14.6. The third-order valence-electron chi connectivity index (χ3n) is 6.34. The molecule has 0 fully saturated rings. The maximum atomic E-state index is 10.9. The first-order valence-corrected chi connectivity index (χ1v) is 11.8. The molecule has 0 spiro atoms. The number of hydrogen-bond donors (Lipinski definition) is 5. The second-order valence-corrected chi connectivity index (χ2v) is 8.99. The molecule has 0 saturated heterocycles. The van der Waals surface area contributed by atoms with Crippen LogP contribution in [0.5, 0.6) is 0 Å². The standard InChI is InChI=1S/C28H29N7O/c1-17-3-4-20(9-18(17)2)13-33-28(36)25-11-24(29)16-32-27(25)30-12-19-5-7-21(8-6-19)22-10-23-15-34-35-26(23)31-14-22/h3-11,14-16,28,33,36H,12-13,29H2,1-2H3,(H,30,32)(H,31,34,35)/t28-/m0/s1. The number of fused-ring (bicyclic) bond motifs is 1. The molecule has 0 bridgehead atoms. The van der Waals surface area contributed by atoms with E-state index < -0.39 is 6.23 Å². The predicted molar refractivity (Wildman–Crippen MR) is 143 cm³/mol. The van der Waals surface area contributed by atoms with Gasteiger partial charge in [0.05, 0.1) is 18.1 Å². The van der Waals surface area contributed by atoms with Crippen LogP contribution in [0.2, 0.25) is 0 Å². The van der Waals surface area contributed by atoms with Crippen molar-refractivity contribution in [3.63, 3.8) is 0 Å². The van der Waals surface area contributed by atoms with Crippen LogP contribution in [-0.2, 0) is 13.1 Å². The summed E-state index contributed by atoms with van der Waals surface area (Å²) in [5, 5.41) is 25.3. The number of aromatic nitrogens is 4. The lowest BCUT2D eigenvalue weighted by molar-refractivity contribution is 0.137. The van der Waals surface area contributed by atoms with E-state index in [1.807, 2.05) is 6.20 Å². The number of aromatic amines is 1. The lowest BCUT2D eigenvalue weighted by Crippen LogP contribution is -2.22. The molecule has 0 saturated carbocycles. The van der Waals surface area contributed by atoms with E-state index in [0.29, 0.717) is 30.2 Å². The minimum Gasteiger partial charge on any atom is -0.397 e. The van der Waals surface area contributed by atoms with E-state index in [1.165, 1.54) is 11.1 Å². The molecule has 8 nitrogen and oxygen atoms in total. The summed E-state index contributed by atoms with van der Waals surface area (Å²) in [5.74, 6) is 0.586. The number of nitrogens with two attached hydrogens (primary N) is 1. The molecule has 0 unspecified atom stereocenters. The largest absolute Gasteiger partial charge is 0.397 e. The Kier molecular flexibility index (Phi) is 6.62. The number of pyridine rings is 2. The van der Waals surface area contributed by atoms with Crippen LogP contribution >= 0.6 is 0 Å². The van der Waals surface area contributed by atoms with Crippen LogP contribution in [0.3, 0.4) is 0 Å². The lowest BCUT2D eigenvalue weighted by atomic mass is 10.0. The average molecular weight is 480 g/mol.